The van der Waals surface area contributed by atoms with Crippen molar-refractivity contribution in [3.8, 4) is 0 Å². The van der Waals surface area contributed by atoms with E-state index in [-0.39, 0.29) is 17.5 Å². The van der Waals surface area contributed by atoms with Gasteiger partial charge >= 0.3 is 5.97 Å². The molecule has 1 aromatic carbocycles. The van der Waals surface area contributed by atoms with E-state index in [0.717, 1.165) is 17.8 Å². The van der Waals surface area contributed by atoms with Gasteiger partial charge in [0.25, 0.3) is 0 Å². The van der Waals surface area contributed by atoms with Gasteiger partial charge in [0.15, 0.2) is 11.6 Å². The number of halogens is 2. The van der Waals surface area contributed by atoms with Crippen molar-refractivity contribution >= 4 is 22.8 Å². The highest BCUT2D eigenvalue weighted by atomic mass is 19.2. The molecule has 7 nitrogen and oxygen atoms in total. The molecule has 0 unspecified atom stereocenters. The number of carbonyl (C=O) groups excluding carboxylic acids is 2. The fourth-order valence-electron chi connectivity index (χ4n) is 2.27. The number of hydrogen-bond acceptors (Lipinski definition) is 5. The lowest BCUT2D eigenvalue weighted by Gasteiger charge is -2.16. The molecule has 0 atom stereocenters. The number of rotatable bonds is 4. The molecule has 0 saturated carbocycles. The second-order valence-corrected chi connectivity index (χ2v) is 4.84. The summed E-state index contributed by atoms with van der Waals surface area (Å²) < 4.78 is 33.3. The van der Waals surface area contributed by atoms with Crippen molar-refractivity contribution < 1.29 is 28.2 Å². The highest BCUT2D eigenvalue weighted by Gasteiger charge is 2.22. The highest BCUT2D eigenvalue weighted by Crippen LogP contribution is 2.23. The first-order chi connectivity index (χ1) is 11.3. The van der Waals surface area contributed by atoms with E-state index in [1.165, 1.54) is 6.92 Å². The van der Waals surface area contributed by atoms with Crippen LogP contribution in [0.5, 0.6) is 0 Å². The molecule has 0 bridgehead atoms. The quantitative estimate of drug-likeness (QED) is 0.811. The number of pyridine rings is 1. The maximum absolute atomic E-state index is 13.9. The summed E-state index contributed by atoms with van der Waals surface area (Å²) in [5, 5.41) is 8.95. The lowest BCUT2D eigenvalue weighted by Crippen LogP contribution is -2.28. The van der Waals surface area contributed by atoms with Gasteiger partial charge in [-0.15, -0.1) is 0 Å². The summed E-state index contributed by atoms with van der Waals surface area (Å²) in [6, 6.07) is 0.604. The molecule has 24 heavy (non-hydrogen) atoms. The van der Waals surface area contributed by atoms with E-state index in [9.17, 15) is 28.3 Å². The molecule has 128 valence electrons. The Labute approximate surface area is 134 Å². The fraction of sp³-hybridized carbons (Fsp3) is 0.267. The molecule has 0 aliphatic heterocycles. The zero-order valence-electron chi connectivity index (χ0n) is 12.9. The number of aliphatic hydroxyl groups excluding tert-OH is 1. The van der Waals surface area contributed by atoms with Gasteiger partial charge in [-0.05, 0) is 13.0 Å². The standard InChI is InChI=1S/C15H14F2N2O5/c1-3-24-15(23)9-5-19(18-7(2)21)13-8(14(9)22)4-11(16)12(17)10(13)6-20/h4-5,20H,3,6H2,1-2H3,(H,18,21). The number of nitrogens with one attached hydrogen (secondary N) is 1. The lowest BCUT2D eigenvalue weighted by molar-refractivity contribution is -0.115. The van der Waals surface area contributed by atoms with Gasteiger partial charge in [0.1, 0.15) is 5.56 Å². The maximum atomic E-state index is 13.9. The van der Waals surface area contributed by atoms with Gasteiger partial charge < -0.3 is 9.84 Å². The summed E-state index contributed by atoms with van der Waals surface area (Å²) in [7, 11) is 0. The largest absolute Gasteiger partial charge is 0.462 e. The molecule has 1 aromatic heterocycles. The maximum Gasteiger partial charge on any atom is 0.343 e. The van der Waals surface area contributed by atoms with Crippen molar-refractivity contribution in [1.82, 2.24) is 4.68 Å². The molecule has 0 radical (unpaired) electrons. The van der Waals surface area contributed by atoms with Crippen LogP contribution in [0.25, 0.3) is 10.9 Å². The molecular weight excluding hydrogens is 326 g/mol. The van der Waals surface area contributed by atoms with E-state index in [1.807, 2.05) is 0 Å². The van der Waals surface area contributed by atoms with Crippen molar-refractivity contribution in [3.05, 3.63) is 45.2 Å². The van der Waals surface area contributed by atoms with Gasteiger partial charge in [-0.1, -0.05) is 0 Å². The van der Waals surface area contributed by atoms with Gasteiger partial charge in [-0.25, -0.2) is 13.6 Å². The Morgan fingerprint density at radius 2 is 2.04 bits per heavy atom. The number of carbonyl (C=O) groups is 2. The van der Waals surface area contributed by atoms with E-state index >= 15 is 0 Å². The van der Waals surface area contributed by atoms with Gasteiger partial charge in [-0.2, -0.15) is 0 Å². The van der Waals surface area contributed by atoms with Crippen LogP contribution in [0.15, 0.2) is 17.1 Å². The summed E-state index contributed by atoms with van der Waals surface area (Å²) in [6.45, 7) is 1.75. The molecule has 0 fully saturated rings. The lowest BCUT2D eigenvalue weighted by atomic mass is 10.1. The molecule has 0 spiro atoms. The van der Waals surface area contributed by atoms with Crippen LogP contribution in [-0.4, -0.2) is 28.3 Å². The average Bonchev–Trinajstić information content (AvgIpc) is 2.51. The van der Waals surface area contributed by atoms with E-state index in [4.69, 9.17) is 4.74 Å². The molecule has 0 aliphatic rings. The van der Waals surface area contributed by atoms with Crippen LogP contribution in [0.4, 0.5) is 8.78 Å². The van der Waals surface area contributed by atoms with Gasteiger partial charge in [0, 0.05) is 18.7 Å². The first-order valence-corrected chi connectivity index (χ1v) is 6.93. The van der Waals surface area contributed by atoms with Crippen LogP contribution in [-0.2, 0) is 16.1 Å². The Morgan fingerprint density at radius 3 is 2.58 bits per heavy atom. The van der Waals surface area contributed by atoms with Crippen LogP contribution in [0.2, 0.25) is 0 Å². The number of ether oxygens (including phenoxy) is 1. The number of nitrogens with zero attached hydrogens (tertiary/aromatic N) is 1. The van der Waals surface area contributed by atoms with Crippen molar-refractivity contribution in [2.24, 2.45) is 0 Å². The number of aliphatic hydroxyl groups is 1. The summed E-state index contributed by atoms with van der Waals surface area (Å²) in [4.78, 5) is 35.6. The predicted octanol–water partition coefficient (Wildman–Crippen LogP) is 1.04. The highest BCUT2D eigenvalue weighted by molar-refractivity contribution is 5.95. The van der Waals surface area contributed by atoms with Crippen LogP contribution in [0, 0.1) is 11.6 Å². The van der Waals surface area contributed by atoms with Gasteiger partial charge in [0.2, 0.25) is 11.3 Å². The van der Waals surface area contributed by atoms with E-state index in [2.05, 4.69) is 5.43 Å². The number of aromatic nitrogens is 1. The minimum atomic E-state index is -1.36. The summed E-state index contributed by atoms with van der Waals surface area (Å²) in [6.07, 6.45) is 0.945. The first-order valence-electron chi connectivity index (χ1n) is 6.93. The van der Waals surface area contributed by atoms with Gasteiger partial charge in [0.05, 0.1) is 24.1 Å². The number of amides is 1. The summed E-state index contributed by atoms with van der Waals surface area (Å²) >= 11 is 0. The third kappa shape index (κ3) is 2.98. The smallest absolute Gasteiger partial charge is 0.343 e. The molecule has 0 saturated heterocycles. The minimum absolute atomic E-state index is 0.00385. The molecule has 0 aliphatic carbocycles. The second kappa shape index (κ2) is 6.75. The number of fused-ring (bicyclic) bond motifs is 1. The van der Waals surface area contributed by atoms with Crippen LogP contribution in [0.3, 0.4) is 0 Å². The van der Waals surface area contributed by atoms with Gasteiger partial charge in [-0.3, -0.25) is 19.7 Å². The van der Waals surface area contributed by atoms with Crippen LogP contribution in [0.1, 0.15) is 29.8 Å². The first kappa shape index (κ1) is 17.5. The Hall–Kier alpha value is -2.81. The van der Waals surface area contributed by atoms with Crippen LogP contribution < -0.4 is 10.9 Å². The van der Waals surface area contributed by atoms with E-state index in [0.29, 0.717) is 6.07 Å². The second-order valence-electron chi connectivity index (χ2n) is 4.84. The molecule has 9 heteroatoms. The molecule has 2 rings (SSSR count). The van der Waals surface area contributed by atoms with E-state index < -0.39 is 46.7 Å². The predicted molar refractivity (Wildman–Crippen MR) is 80.0 cm³/mol. The molecule has 2 aromatic rings. The number of benzene rings is 1. The average molecular weight is 340 g/mol. The molecule has 1 heterocycles. The molecular formula is C15H14F2N2O5. The third-order valence-electron chi connectivity index (χ3n) is 3.21. The fourth-order valence-corrected chi connectivity index (χ4v) is 2.27. The van der Waals surface area contributed by atoms with Crippen LogP contribution >= 0.6 is 0 Å². The monoisotopic (exact) mass is 340 g/mol. The van der Waals surface area contributed by atoms with Crippen molar-refractivity contribution in [1.29, 1.82) is 0 Å². The third-order valence-corrected chi connectivity index (χ3v) is 3.21. The van der Waals surface area contributed by atoms with Crippen molar-refractivity contribution in [2.45, 2.75) is 20.5 Å². The number of esters is 1. The SMILES string of the molecule is CCOC(=O)c1cn(NC(C)=O)c2c(CO)c(F)c(F)cc2c1=O. The normalized spacial score (nSPS) is 10.7. The topological polar surface area (TPSA) is 97.6 Å². The Balaban J connectivity index is 2.95. The van der Waals surface area contributed by atoms with Crippen molar-refractivity contribution in [3.63, 3.8) is 0 Å². The number of hydrogen-bond donors (Lipinski definition) is 2. The van der Waals surface area contributed by atoms with Crippen molar-refractivity contribution in [2.75, 3.05) is 12.0 Å². The van der Waals surface area contributed by atoms with E-state index in [1.54, 1.807) is 0 Å². The molecule has 2 N–H and O–H groups in total. The molecule has 1 amide bonds. The zero-order chi connectivity index (χ0) is 18.0. The minimum Gasteiger partial charge on any atom is -0.462 e. The summed E-state index contributed by atoms with van der Waals surface area (Å²) in [5.41, 5.74) is 0.128. The Morgan fingerprint density at radius 1 is 1.38 bits per heavy atom. The summed E-state index contributed by atoms with van der Waals surface area (Å²) in [5.74, 6) is -4.28. The zero-order valence-corrected chi connectivity index (χ0v) is 12.9. The Bertz CT molecular complexity index is 892. The Kier molecular flexibility index (Phi) is 4.93.